The molecule has 0 radical (unpaired) electrons. The van der Waals surface area contributed by atoms with Crippen molar-refractivity contribution in [3.63, 3.8) is 0 Å². The number of fused-ring (bicyclic) bond motifs is 2. The fraction of sp³-hybridized carbons (Fsp3) is 0.400. The minimum Gasteiger partial charge on any atom is -0.497 e. The van der Waals surface area contributed by atoms with Crippen molar-refractivity contribution in [2.24, 2.45) is 5.92 Å². The van der Waals surface area contributed by atoms with Crippen LogP contribution in [0.1, 0.15) is 17.7 Å². The number of hydrogen-bond acceptors (Lipinski definition) is 7. The number of anilines is 1. The summed E-state index contributed by atoms with van der Waals surface area (Å²) in [5.41, 5.74) is 1.53. The molecule has 0 aliphatic carbocycles. The second-order valence-corrected chi connectivity index (χ2v) is 9.93. The molecule has 0 unspecified atom stereocenters. The number of likely N-dealkylation sites (tertiary alicyclic amines) is 1. The zero-order valence-electron chi connectivity index (χ0n) is 19.4. The van der Waals surface area contributed by atoms with Crippen LogP contribution in [0.3, 0.4) is 0 Å². The number of aromatic nitrogens is 2. The van der Waals surface area contributed by atoms with Crippen LogP contribution in [0, 0.1) is 17.6 Å². The number of carbonyl (C=O) groups excluding carboxylic acids is 1. The first-order valence-electron chi connectivity index (χ1n) is 11.7. The number of benzene rings is 1. The van der Waals surface area contributed by atoms with Gasteiger partial charge in [-0.2, -0.15) is 0 Å². The molecule has 1 aromatic carbocycles. The summed E-state index contributed by atoms with van der Waals surface area (Å²) >= 11 is 1.50. The minimum atomic E-state index is -0.512. The summed E-state index contributed by atoms with van der Waals surface area (Å²) in [4.78, 5) is 23.4. The van der Waals surface area contributed by atoms with E-state index < -0.39 is 11.6 Å². The molecule has 3 aromatic rings. The van der Waals surface area contributed by atoms with Gasteiger partial charge in [0.05, 0.1) is 29.6 Å². The van der Waals surface area contributed by atoms with E-state index in [2.05, 4.69) is 25.5 Å². The third kappa shape index (κ3) is 5.39. The first-order chi connectivity index (χ1) is 17.0. The van der Waals surface area contributed by atoms with E-state index in [1.807, 2.05) is 12.1 Å². The second-order valence-electron chi connectivity index (χ2n) is 8.91. The summed E-state index contributed by atoms with van der Waals surface area (Å²) in [6.45, 7) is 4.03. The number of halogens is 2. The number of amides is 1. The van der Waals surface area contributed by atoms with Crippen LogP contribution in [0.25, 0.3) is 10.9 Å². The summed E-state index contributed by atoms with van der Waals surface area (Å²) in [5.74, 6) is 0.961. The van der Waals surface area contributed by atoms with Crippen LogP contribution in [0.2, 0.25) is 0 Å². The van der Waals surface area contributed by atoms with Crippen molar-refractivity contribution in [3.05, 3.63) is 53.4 Å². The molecule has 7 nitrogen and oxygen atoms in total. The van der Waals surface area contributed by atoms with Crippen LogP contribution < -0.4 is 15.4 Å². The fourth-order valence-corrected chi connectivity index (χ4v) is 5.45. The van der Waals surface area contributed by atoms with Crippen molar-refractivity contribution in [2.75, 3.05) is 44.4 Å². The van der Waals surface area contributed by atoms with Crippen LogP contribution >= 0.6 is 11.8 Å². The molecule has 2 aromatic heterocycles. The van der Waals surface area contributed by atoms with E-state index in [-0.39, 0.29) is 11.4 Å². The van der Waals surface area contributed by atoms with Gasteiger partial charge in [-0.05, 0) is 50.0 Å². The highest BCUT2D eigenvalue weighted by Crippen LogP contribution is 2.30. The summed E-state index contributed by atoms with van der Waals surface area (Å²) in [7, 11) is 1.46. The maximum absolute atomic E-state index is 14.6. The summed E-state index contributed by atoms with van der Waals surface area (Å²) < 4.78 is 34.1. The van der Waals surface area contributed by atoms with Crippen molar-refractivity contribution in [3.8, 4) is 5.75 Å². The maximum atomic E-state index is 14.6. The molecule has 10 heteroatoms. The van der Waals surface area contributed by atoms with Crippen molar-refractivity contribution >= 4 is 34.4 Å². The van der Waals surface area contributed by atoms with Gasteiger partial charge in [-0.3, -0.25) is 9.78 Å². The Morgan fingerprint density at radius 1 is 1.29 bits per heavy atom. The van der Waals surface area contributed by atoms with E-state index in [1.165, 1.54) is 24.9 Å². The van der Waals surface area contributed by atoms with Gasteiger partial charge in [0.25, 0.3) is 0 Å². The zero-order chi connectivity index (χ0) is 24.4. The van der Waals surface area contributed by atoms with Gasteiger partial charge >= 0.3 is 0 Å². The number of nitrogens with one attached hydrogen (secondary N) is 2. The maximum Gasteiger partial charge on any atom is 0.235 e. The lowest BCUT2D eigenvalue weighted by Gasteiger charge is -2.18. The Morgan fingerprint density at radius 3 is 3.03 bits per heavy atom. The molecule has 35 heavy (non-hydrogen) atoms. The Bertz CT molecular complexity index is 1260. The highest BCUT2D eigenvalue weighted by molar-refractivity contribution is 8.00. The summed E-state index contributed by atoms with van der Waals surface area (Å²) in [6.07, 6.45) is 2.63. The number of carbonyl (C=O) groups is 1. The van der Waals surface area contributed by atoms with Gasteiger partial charge in [0.2, 0.25) is 5.91 Å². The number of rotatable bonds is 8. The van der Waals surface area contributed by atoms with Crippen LogP contribution in [0.5, 0.6) is 5.75 Å². The number of nitrogens with zero attached hydrogens (tertiary/aromatic N) is 3. The lowest BCUT2D eigenvalue weighted by atomic mass is 10.0. The molecule has 2 N–H and O–H groups in total. The average molecular weight is 500 g/mol. The molecule has 1 fully saturated rings. The molecule has 1 atom stereocenters. The Balaban J connectivity index is 1.14. The van der Waals surface area contributed by atoms with E-state index in [9.17, 15) is 13.6 Å². The van der Waals surface area contributed by atoms with Crippen LogP contribution in [-0.2, 0) is 17.8 Å². The average Bonchev–Trinajstić information content (AvgIpc) is 3.30. The zero-order valence-corrected chi connectivity index (χ0v) is 20.3. The Labute approximate surface area is 206 Å². The lowest BCUT2D eigenvalue weighted by Crippen LogP contribution is -2.28. The van der Waals surface area contributed by atoms with E-state index >= 15 is 0 Å². The Kier molecular flexibility index (Phi) is 7.12. The summed E-state index contributed by atoms with van der Waals surface area (Å²) in [6, 6.07) is 6.91. The highest BCUT2D eigenvalue weighted by atomic mass is 32.2. The molecular formula is C25H27F2N5O2S. The molecule has 2 aliphatic heterocycles. The van der Waals surface area contributed by atoms with Gasteiger partial charge in [0.1, 0.15) is 22.9 Å². The minimum absolute atomic E-state index is 0.0185. The molecule has 1 saturated heterocycles. The SMILES string of the molecule is COc1cc(F)c2ncc(F)c(CCN3CC[C@@H](CNCc4ccc5c(n4)NC(=O)CS5)C3)c2c1. The van der Waals surface area contributed by atoms with Gasteiger partial charge in [-0.25, -0.2) is 13.8 Å². The lowest BCUT2D eigenvalue weighted by molar-refractivity contribution is -0.113. The van der Waals surface area contributed by atoms with Gasteiger partial charge < -0.3 is 20.3 Å². The summed E-state index contributed by atoms with van der Waals surface area (Å²) in [5, 5.41) is 6.77. The monoisotopic (exact) mass is 499 g/mol. The molecule has 0 spiro atoms. The molecule has 4 heterocycles. The normalized spacial score (nSPS) is 18.0. The predicted molar refractivity (Wildman–Crippen MR) is 132 cm³/mol. The second kappa shape index (κ2) is 10.4. The third-order valence-corrected chi connectivity index (χ3v) is 7.56. The number of ether oxygens (including phenoxy) is 1. The first-order valence-corrected chi connectivity index (χ1v) is 12.6. The predicted octanol–water partition coefficient (Wildman–Crippen LogP) is 3.62. The number of pyridine rings is 2. The van der Waals surface area contributed by atoms with Crippen molar-refractivity contribution in [1.29, 1.82) is 0 Å². The van der Waals surface area contributed by atoms with E-state index in [0.717, 1.165) is 42.8 Å². The number of methoxy groups -OCH3 is 1. The molecule has 5 rings (SSSR count). The third-order valence-electron chi connectivity index (χ3n) is 6.51. The van der Waals surface area contributed by atoms with Crippen molar-refractivity contribution < 1.29 is 18.3 Å². The van der Waals surface area contributed by atoms with Crippen molar-refractivity contribution in [2.45, 2.75) is 24.3 Å². The largest absolute Gasteiger partial charge is 0.497 e. The molecule has 0 bridgehead atoms. The highest BCUT2D eigenvalue weighted by Gasteiger charge is 2.23. The quantitative estimate of drug-likeness (QED) is 0.490. The molecule has 1 amide bonds. The Hall–Kier alpha value is -2.82. The van der Waals surface area contributed by atoms with E-state index in [0.29, 0.717) is 53.7 Å². The van der Waals surface area contributed by atoms with Gasteiger partial charge in [-0.1, -0.05) is 0 Å². The molecule has 2 aliphatic rings. The molecule has 184 valence electrons. The van der Waals surface area contributed by atoms with Crippen LogP contribution in [-0.4, -0.2) is 59.8 Å². The van der Waals surface area contributed by atoms with Crippen LogP contribution in [0.4, 0.5) is 14.6 Å². The van der Waals surface area contributed by atoms with E-state index in [1.54, 1.807) is 6.07 Å². The molecular weight excluding hydrogens is 472 g/mol. The van der Waals surface area contributed by atoms with Gasteiger partial charge in [-0.15, -0.1) is 11.8 Å². The van der Waals surface area contributed by atoms with Gasteiger partial charge in [0, 0.05) is 36.7 Å². The first kappa shape index (κ1) is 23.9. The molecule has 0 saturated carbocycles. The topological polar surface area (TPSA) is 79.4 Å². The van der Waals surface area contributed by atoms with Crippen LogP contribution in [0.15, 0.2) is 35.4 Å². The van der Waals surface area contributed by atoms with E-state index in [4.69, 9.17) is 4.74 Å². The number of hydrogen-bond donors (Lipinski definition) is 2. The van der Waals surface area contributed by atoms with Crippen molar-refractivity contribution in [1.82, 2.24) is 20.2 Å². The van der Waals surface area contributed by atoms with Gasteiger partial charge in [0.15, 0.2) is 5.82 Å². The Morgan fingerprint density at radius 2 is 2.17 bits per heavy atom. The standard InChI is InChI=1S/C25H27F2N5O2S/c1-34-17-8-19-18(21(27)12-29-24(19)20(26)9-17)5-7-32-6-4-15(13-32)10-28-11-16-2-3-22-25(30-16)31-23(33)14-35-22/h2-3,8-9,12,15,28H,4-7,10-11,13-14H2,1H3,(H,30,31,33)/t15-/m0/s1. The smallest absolute Gasteiger partial charge is 0.235 e. The fourth-order valence-electron chi connectivity index (χ4n) is 4.69. The number of thioether (sulfide) groups is 1.